The summed E-state index contributed by atoms with van der Waals surface area (Å²) in [6.07, 6.45) is 1.73. The van der Waals surface area contributed by atoms with Gasteiger partial charge in [-0.05, 0) is 28.4 Å². The molecule has 4 nitrogen and oxygen atoms in total. The highest BCUT2D eigenvalue weighted by molar-refractivity contribution is 9.10. The van der Waals surface area contributed by atoms with Gasteiger partial charge in [0.25, 0.3) is 5.91 Å². The Morgan fingerprint density at radius 3 is 2.89 bits per heavy atom. The van der Waals surface area contributed by atoms with Crippen LogP contribution in [0, 0.1) is 5.41 Å². The molecule has 1 heterocycles. The number of halogens is 2. The lowest BCUT2D eigenvalue weighted by Gasteiger charge is -2.49. The van der Waals surface area contributed by atoms with Gasteiger partial charge in [-0.15, -0.1) is 0 Å². The topological polar surface area (TPSA) is 62.2 Å². The molecule has 1 fully saturated rings. The Hall–Kier alpha value is -0.650. The van der Waals surface area contributed by atoms with E-state index in [9.17, 15) is 9.90 Å². The van der Waals surface area contributed by atoms with Gasteiger partial charge in [-0.1, -0.05) is 25.4 Å². The lowest BCUT2D eigenvalue weighted by molar-refractivity contribution is -0.0689. The third-order valence-corrected chi connectivity index (χ3v) is 4.31. The lowest BCUT2D eigenvalue weighted by atomic mass is 9.64. The molecule has 1 saturated carbocycles. The molecular formula is C12H14BrClN2O2. The zero-order chi connectivity index (χ0) is 13.5. The van der Waals surface area contributed by atoms with Crippen molar-refractivity contribution in [2.75, 3.05) is 0 Å². The van der Waals surface area contributed by atoms with Crippen LogP contribution in [0.3, 0.4) is 0 Å². The van der Waals surface area contributed by atoms with Crippen LogP contribution in [0.15, 0.2) is 16.7 Å². The maximum absolute atomic E-state index is 12.1. The van der Waals surface area contributed by atoms with Gasteiger partial charge in [-0.25, -0.2) is 4.98 Å². The summed E-state index contributed by atoms with van der Waals surface area (Å²) < 4.78 is 0.699. The number of pyridine rings is 1. The Balaban J connectivity index is 2.12. The highest BCUT2D eigenvalue weighted by Gasteiger charge is 2.48. The fourth-order valence-electron chi connectivity index (χ4n) is 1.97. The van der Waals surface area contributed by atoms with Crippen molar-refractivity contribution in [3.05, 3.63) is 27.5 Å². The van der Waals surface area contributed by atoms with E-state index in [2.05, 4.69) is 26.2 Å². The number of aliphatic hydroxyl groups is 1. The number of amides is 1. The second-order valence-corrected chi connectivity index (χ2v) is 6.36. The number of aliphatic hydroxyl groups excluding tert-OH is 1. The van der Waals surface area contributed by atoms with Crippen LogP contribution in [0.25, 0.3) is 0 Å². The fraction of sp³-hybridized carbons (Fsp3) is 0.500. The molecule has 2 N–H and O–H groups in total. The number of aromatic nitrogens is 1. The lowest BCUT2D eigenvalue weighted by Crippen LogP contribution is -2.61. The summed E-state index contributed by atoms with van der Waals surface area (Å²) in [4.78, 5) is 16.0. The van der Waals surface area contributed by atoms with Gasteiger partial charge >= 0.3 is 0 Å². The predicted molar refractivity (Wildman–Crippen MR) is 72.6 cm³/mol. The molecular weight excluding hydrogens is 320 g/mol. The van der Waals surface area contributed by atoms with E-state index in [1.165, 1.54) is 6.20 Å². The third-order valence-electron chi connectivity index (χ3n) is 3.57. The maximum atomic E-state index is 12.1. The molecule has 0 aliphatic heterocycles. The zero-order valence-corrected chi connectivity index (χ0v) is 12.4. The molecule has 1 aromatic heterocycles. The van der Waals surface area contributed by atoms with Gasteiger partial charge in [-0.3, -0.25) is 4.79 Å². The third kappa shape index (κ3) is 2.39. The van der Waals surface area contributed by atoms with Crippen LogP contribution in [-0.4, -0.2) is 28.1 Å². The van der Waals surface area contributed by atoms with Gasteiger partial charge in [0.1, 0.15) is 5.15 Å². The van der Waals surface area contributed by atoms with Gasteiger partial charge in [0.15, 0.2) is 0 Å². The molecule has 0 spiro atoms. The number of nitrogens with one attached hydrogen (secondary N) is 1. The second-order valence-electron chi connectivity index (χ2n) is 5.09. The minimum absolute atomic E-state index is 0.0463. The molecule has 1 aliphatic carbocycles. The molecule has 6 heteroatoms. The summed E-state index contributed by atoms with van der Waals surface area (Å²) in [6, 6.07) is 1.59. The average Bonchev–Trinajstić information content (AvgIpc) is 2.31. The van der Waals surface area contributed by atoms with E-state index < -0.39 is 0 Å². The Bertz CT molecular complexity index is 493. The van der Waals surface area contributed by atoms with E-state index in [1.807, 2.05) is 13.8 Å². The standard InChI is InChI=1S/C12H14BrClN2O2/c1-12(2)8(4-9(12)17)16-11(18)7-3-6(13)5-15-10(7)14/h3,5,8-9,17H,4H2,1-2H3,(H,16,18). The first-order valence-corrected chi connectivity index (χ1v) is 6.79. The number of rotatable bonds is 2. The first-order valence-electron chi connectivity index (χ1n) is 5.62. The predicted octanol–water partition coefficient (Wildman–Crippen LogP) is 2.39. The van der Waals surface area contributed by atoms with E-state index >= 15 is 0 Å². The molecule has 18 heavy (non-hydrogen) atoms. The van der Waals surface area contributed by atoms with E-state index in [1.54, 1.807) is 6.07 Å². The van der Waals surface area contributed by atoms with E-state index in [0.717, 1.165) is 0 Å². The van der Waals surface area contributed by atoms with Crippen molar-refractivity contribution in [3.63, 3.8) is 0 Å². The minimum Gasteiger partial charge on any atom is -0.392 e. The van der Waals surface area contributed by atoms with Gasteiger partial charge in [0.05, 0.1) is 11.7 Å². The summed E-state index contributed by atoms with van der Waals surface area (Å²) in [6.45, 7) is 3.85. The van der Waals surface area contributed by atoms with Crippen LogP contribution in [0.1, 0.15) is 30.6 Å². The number of carbonyl (C=O) groups is 1. The summed E-state index contributed by atoms with van der Waals surface area (Å²) >= 11 is 9.15. The summed E-state index contributed by atoms with van der Waals surface area (Å²) in [5.41, 5.74) is 0.0323. The highest BCUT2D eigenvalue weighted by Crippen LogP contribution is 2.40. The molecule has 1 aliphatic rings. The van der Waals surface area contributed by atoms with Gasteiger partial charge in [-0.2, -0.15) is 0 Å². The van der Waals surface area contributed by atoms with Crippen molar-refractivity contribution in [2.24, 2.45) is 5.41 Å². The molecule has 0 radical (unpaired) electrons. The SMILES string of the molecule is CC1(C)C(O)CC1NC(=O)c1cc(Br)cnc1Cl. The second kappa shape index (κ2) is 4.79. The van der Waals surface area contributed by atoms with Crippen molar-refractivity contribution in [3.8, 4) is 0 Å². The number of nitrogens with zero attached hydrogens (tertiary/aromatic N) is 1. The van der Waals surface area contributed by atoms with Crippen molar-refractivity contribution < 1.29 is 9.90 Å². The molecule has 0 saturated heterocycles. The summed E-state index contributed by atoms with van der Waals surface area (Å²) in [7, 11) is 0. The van der Waals surface area contributed by atoms with Crippen LogP contribution in [0.2, 0.25) is 5.15 Å². The minimum atomic E-state index is -0.376. The Morgan fingerprint density at radius 2 is 2.33 bits per heavy atom. The van der Waals surface area contributed by atoms with E-state index in [0.29, 0.717) is 16.5 Å². The quantitative estimate of drug-likeness (QED) is 0.817. The van der Waals surface area contributed by atoms with Crippen molar-refractivity contribution in [2.45, 2.75) is 32.4 Å². The number of hydrogen-bond acceptors (Lipinski definition) is 3. The molecule has 2 unspecified atom stereocenters. The Labute approximate surface area is 119 Å². The average molecular weight is 334 g/mol. The van der Waals surface area contributed by atoms with Crippen molar-refractivity contribution >= 4 is 33.4 Å². The fourth-order valence-corrected chi connectivity index (χ4v) is 2.49. The normalized spacial score (nSPS) is 25.4. The van der Waals surface area contributed by atoms with E-state index in [4.69, 9.17) is 11.6 Å². The van der Waals surface area contributed by atoms with Crippen LogP contribution < -0.4 is 5.32 Å². The highest BCUT2D eigenvalue weighted by atomic mass is 79.9. The number of hydrogen-bond donors (Lipinski definition) is 2. The van der Waals surface area contributed by atoms with Crippen molar-refractivity contribution in [1.82, 2.24) is 10.3 Å². The Morgan fingerprint density at radius 1 is 1.67 bits per heavy atom. The molecule has 2 atom stereocenters. The maximum Gasteiger partial charge on any atom is 0.254 e. The first-order chi connectivity index (χ1) is 8.32. The zero-order valence-electron chi connectivity index (χ0n) is 10.1. The summed E-state index contributed by atoms with van der Waals surface area (Å²) in [5, 5.41) is 12.7. The largest absolute Gasteiger partial charge is 0.392 e. The van der Waals surface area contributed by atoms with Gasteiger partial charge in [0.2, 0.25) is 0 Å². The molecule has 2 rings (SSSR count). The van der Waals surface area contributed by atoms with Gasteiger partial charge in [0, 0.05) is 22.1 Å². The smallest absolute Gasteiger partial charge is 0.254 e. The molecule has 98 valence electrons. The van der Waals surface area contributed by atoms with Crippen LogP contribution in [0.5, 0.6) is 0 Å². The summed E-state index contributed by atoms with van der Waals surface area (Å²) in [5.74, 6) is -0.265. The molecule has 0 aromatic carbocycles. The van der Waals surface area contributed by atoms with Gasteiger partial charge < -0.3 is 10.4 Å². The molecule has 1 amide bonds. The first kappa shape index (κ1) is 13.8. The van der Waals surface area contributed by atoms with Crippen LogP contribution in [0.4, 0.5) is 0 Å². The Kier molecular flexibility index (Phi) is 3.67. The van der Waals surface area contributed by atoms with Crippen LogP contribution in [-0.2, 0) is 0 Å². The molecule has 1 aromatic rings. The monoisotopic (exact) mass is 332 g/mol. The van der Waals surface area contributed by atoms with Crippen molar-refractivity contribution in [1.29, 1.82) is 0 Å². The van der Waals surface area contributed by atoms with Crippen LogP contribution >= 0.6 is 27.5 Å². The number of carbonyl (C=O) groups excluding carboxylic acids is 1. The van der Waals surface area contributed by atoms with E-state index in [-0.39, 0.29) is 28.6 Å². The molecule has 0 bridgehead atoms.